The Morgan fingerprint density at radius 3 is 2.40 bits per heavy atom. The van der Waals surface area contributed by atoms with E-state index in [1.54, 1.807) is 6.08 Å². The van der Waals surface area contributed by atoms with E-state index >= 15 is 0 Å². The molecule has 10 heavy (non-hydrogen) atoms. The lowest BCUT2D eigenvalue weighted by atomic mass is 10.3. The van der Waals surface area contributed by atoms with Crippen molar-refractivity contribution in [1.29, 1.82) is 0 Å². The average Bonchev–Trinajstić information content (AvgIpc) is 1.97. The molecule has 58 valence electrons. The molecule has 1 heteroatoms. The van der Waals surface area contributed by atoms with E-state index in [0.29, 0.717) is 0 Å². The highest BCUT2D eigenvalue weighted by atomic mass is 16.2. The molecule has 0 rings (SSSR count). The third-order valence-electron chi connectivity index (χ3n) is 1.17. The molecule has 0 aromatic carbocycles. The van der Waals surface area contributed by atoms with E-state index in [1.807, 2.05) is 6.08 Å². The maximum absolute atomic E-state index is 8.36. The lowest BCUT2D eigenvalue weighted by Gasteiger charge is -1.83. The van der Waals surface area contributed by atoms with Crippen LogP contribution >= 0.6 is 0 Å². The highest BCUT2D eigenvalue weighted by molar-refractivity contribution is 4.92. The van der Waals surface area contributed by atoms with Crippen molar-refractivity contribution in [3.63, 3.8) is 0 Å². The zero-order valence-corrected chi connectivity index (χ0v) is 6.59. The minimum absolute atomic E-state index is 0.154. The van der Waals surface area contributed by atoms with Gasteiger partial charge in [-0.2, -0.15) is 0 Å². The van der Waals surface area contributed by atoms with E-state index in [-0.39, 0.29) is 6.61 Å². The summed E-state index contributed by atoms with van der Waals surface area (Å²) in [6, 6.07) is 0. The summed E-state index contributed by atoms with van der Waals surface area (Å²) in [7, 11) is 0. The fraction of sp³-hybridized carbons (Fsp3) is 0.556. The van der Waals surface area contributed by atoms with E-state index in [0.717, 1.165) is 12.8 Å². The number of unbranched alkanes of at least 4 members (excludes halogenated alkanes) is 1. The van der Waals surface area contributed by atoms with E-state index in [9.17, 15) is 0 Å². The predicted octanol–water partition coefficient (Wildman–Crippen LogP) is 2.28. The second-order valence-corrected chi connectivity index (χ2v) is 2.15. The maximum Gasteiger partial charge on any atom is 0.0612 e. The summed E-state index contributed by atoms with van der Waals surface area (Å²) in [5, 5.41) is 8.36. The summed E-state index contributed by atoms with van der Waals surface area (Å²) in [5.41, 5.74) is 0. The van der Waals surface area contributed by atoms with Gasteiger partial charge in [-0.15, -0.1) is 0 Å². The minimum Gasteiger partial charge on any atom is -0.392 e. The molecule has 0 saturated carbocycles. The molecular formula is C9H16O. The zero-order chi connectivity index (χ0) is 7.66. The molecule has 1 N–H and O–H groups in total. The van der Waals surface area contributed by atoms with Gasteiger partial charge in [0, 0.05) is 0 Å². The van der Waals surface area contributed by atoms with Gasteiger partial charge in [-0.3, -0.25) is 0 Å². The van der Waals surface area contributed by atoms with Gasteiger partial charge in [0.25, 0.3) is 0 Å². The Labute approximate surface area is 63.1 Å². The van der Waals surface area contributed by atoms with E-state index in [2.05, 4.69) is 19.1 Å². The topological polar surface area (TPSA) is 20.2 Å². The fourth-order valence-electron chi connectivity index (χ4n) is 0.630. The van der Waals surface area contributed by atoms with E-state index < -0.39 is 0 Å². The summed E-state index contributed by atoms with van der Waals surface area (Å²) in [6.45, 7) is 2.32. The molecule has 0 heterocycles. The van der Waals surface area contributed by atoms with Crippen LogP contribution in [0.2, 0.25) is 0 Å². The van der Waals surface area contributed by atoms with Gasteiger partial charge in [-0.05, 0) is 12.8 Å². The van der Waals surface area contributed by atoms with Gasteiger partial charge in [-0.25, -0.2) is 0 Å². The molecule has 1 nitrogen and oxygen atoms in total. The normalized spacial score (nSPS) is 11.8. The third kappa shape index (κ3) is 7.44. The van der Waals surface area contributed by atoms with Gasteiger partial charge in [0.1, 0.15) is 0 Å². The first-order chi connectivity index (χ1) is 4.91. The molecule has 0 fully saturated rings. The Bertz CT molecular complexity index is 103. The number of rotatable bonds is 5. The molecule has 0 spiro atoms. The van der Waals surface area contributed by atoms with Crippen molar-refractivity contribution >= 4 is 0 Å². The molecule has 0 atom stereocenters. The number of aliphatic hydroxyl groups is 1. The van der Waals surface area contributed by atoms with Crippen molar-refractivity contribution in [2.45, 2.75) is 26.2 Å². The Hall–Kier alpha value is -0.560. The fourth-order valence-corrected chi connectivity index (χ4v) is 0.630. The van der Waals surface area contributed by atoms with E-state index in [4.69, 9.17) is 5.11 Å². The van der Waals surface area contributed by atoms with Crippen molar-refractivity contribution < 1.29 is 5.11 Å². The number of hydrogen-bond donors (Lipinski definition) is 1. The lowest BCUT2D eigenvalue weighted by molar-refractivity contribution is 0.342. The van der Waals surface area contributed by atoms with Crippen molar-refractivity contribution in [1.82, 2.24) is 0 Å². The standard InChI is InChI=1S/C9H16O/c1-2-3-4-5-6-7-8-9-10/h4-5,7-8,10H,2-3,6,9H2,1H3/b5-4+,8-7+. The lowest BCUT2D eigenvalue weighted by Crippen LogP contribution is -1.69. The average molecular weight is 140 g/mol. The second-order valence-electron chi connectivity index (χ2n) is 2.15. The van der Waals surface area contributed by atoms with Crippen LogP contribution in [0, 0.1) is 0 Å². The Morgan fingerprint density at radius 1 is 1.10 bits per heavy atom. The largest absolute Gasteiger partial charge is 0.392 e. The molecule has 0 unspecified atom stereocenters. The molecule has 0 aliphatic carbocycles. The molecule has 0 radical (unpaired) electrons. The highest BCUT2D eigenvalue weighted by Crippen LogP contribution is 1.91. The molecule has 0 aromatic heterocycles. The summed E-state index contributed by atoms with van der Waals surface area (Å²) >= 11 is 0. The molecule has 0 aliphatic heterocycles. The van der Waals surface area contributed by atoms with Crippen LogP contribution in [-0.4, -0.2) is 11.7 Å². The zero-order valence-electron chi connectivity index (χ0n) is 6.59. The Balaban J connectivity index is 3.09. The SMILES string of the molecule is CCC/C=C/C/C=C/CO. The molecule has 0 amide bonds. The quantitative estimate of drug-likeness (QED) is 0.581. The summed E-state index contributed by atoms with van der Waals surface area (Å²) in [4.78, 5) is 0. The smallest absolute Gasteiger partial charge is 0.0612 e. The van der Waals surface area contributed by atoms with Crippen LogP contribution in [0.15, 0.2) is 24.3 Å². The van der Waals surface area contributed by atoms with Gasteiger partial charge in [0.2, 0.25) is 0 Å². The van der Waals surface area contributed by atoms with Gasteiger partial charge < -0.3 is 5.11 Å². The summed E-state index contributed by atoms with van der Waals surface area (Å²) in [6.07, 6.45) is 11.3. The van der Waals surface area contributed by atoms with Crippen LogP contribution in [0.3, 0.4) is 0 Å². The Kier molecular flexibility index (Phi) is 7.97. The molecule has 0 saturated heterocycles. The third-order valence-corrected chi connectivity index (χ3v) is 1.17. The van der Waals surface area contributed by atoms with Crippen LogP contribution in [0.4, 0.5) is 0 Å². The van der Waals surface area contributed by atoms with Gasteiger partial charge in [0.05, 0.1) is 6.61 Å². The van der Waals surface area contributed by atoms with Crippen molar-refractivity contribution in [2.24, 2.45) is 0 Å². The van der Waals surface area contributed by atoms with Gasteiger partial charge >= 0.3 is 0 Å². The van der Waals surface area contributed by atoms with Crippen LogP contribution < -0.4 is 0 Å². The molecular weight excluding hydrogens is 124 g/mol. The second kappa shape index (κ2) is 8.44. The molecule has 0 aliphatic rings. The van der Waals surface area contributed by atoms with Crippen LogP contribution in [0.1, 0.15) is 26.2 Å². The number of aliphatic hydroxyl groups excluding tert-OH is 1. The van der Waals surface area contributed by atoms with E-state index in [1.165, 1.54) is 6.42 Å². The minimum atomic E-state index is 0.154. The number of hydrogen-bond acceptors (Lipinski definition) is 1. The first-order valence-electron chi connectivity index (χ1n) is 3.82. The first-order valence-corrected chi connectivity index (χ1v) is 3.82. The van der Waals surface area contributed by atoms with Crippen molar-refractivity contribution in [2.75, 3.05) is 6.61 Å². The summed E-state index contributed by atoms with van der Waals surface area (Å²) < 4.78 is 0. The summed E-state index contributed by atoms with van der Waals surface area (Å²) in [5.74, 6) is 0. The van der Waals surface area contributed by atoms with Gasteiger partial charge in [0.15, 0.2) is 0 Å². The molecule has 0 aromatic rings. The monoisotopic (exact) mass is 140 g/mol. The predicted molar refractivity (Wildman–Crippen MR) is 44.9 cm³/mol. The van der Waals surface area contributed by atoms with Crippen molar-refractivity contribution in [3.05, 3.63) is 24.3 Å². The maximum atomic E-state index is 8.36. The first kappa shape index (κ1) is 9.44. The molecule has 0 bridgehead atoms. The van der Waals surface area contributed by atoms with Gasteiger partial charge in [-0.1, -0.05) is 37.6 Å². The Morgan fingerprint density at radius 2 is 1.80 bits per heavy atom. The van der Waals surface area contributed by atoms with Crippen molar-refractivity contribution in [3.8, 4) is 0 Å². The van der Waals surface area contributed by atoms with Crippen LogP contribution in [-0.2, 0) is 0 Å². The van der Waals surface area contributed by atoms with Crippen LogP contribution in [0.5, 0.6) is 0 Å². The van der Waals surface area contributed by atoms with Crippen LogP contribution in [0.25, 0.3) is 0 Å². The highest BCUT2D eigenvalue weighted by Gasteiger charge is 1.72. The number of allylic oxidation sites excluding steroid dienone is 3.